The van der Waals surface area contributed by atoms with Crippen LogP contribution in [0.5, 0.6) is 0 Å². The summed E-state index contributed by atoms with van der Waals surface area (Å²) in [6.07, 6.45) is 4.80. The first kappa shape index (κ1) is 17.3. The predicted octanol–water partition coefficient (Wildman–Crippen LogP) is 3.46. The zero-order chi connectivity index (χ0) is 15.4. The zero-order valence-corrected chi connectivity index (χ0v) is 14.0. The lowest BCUT2D eigenvalue weighted by molar-refractivity contribution is 0.0505. The normalized spacial score (nSPS) is 24.0. The van der Waals surface area contributed by atoms with Crippen LogP contribution in [0.1, 0.15) is 67.2 Å². The predicted molar refractivity (Wildman–Crippen MR) is 82.9 cm³/mol. The SMILES string of the molecule is CC(CNC1CCCCC1(C)C)NC(=O)OC(C)(C)C. The number of hydrogen-bond acceptors (Lipinski definition) is 3. The fourth-order valence-electron chi connectivity index (χ4n) is 2.75. The van der Waals surface area contributed by atoms with Gasteiger partial charge in [-0.05, 0) is 46.0 Å². The van der Waals surface area contributed by atoms with Crippen LogP contribution in [0.25, 0.3) is 0 Å². The fraction of sp³-hybridized carbons (Fsp3) is 0.938. The van der Waals surface area contributed by atoms with Gasteiger partial charge in [-0.3, -0.25) is 0 Å². The molecule has 1 aliphatic rings. The van der Waals surface area contributed by atoms with Crippen molar-refractivity contribution in [3.8, 4) is 0 Å². The molecule has 1 aliphatic carbocycles. The molecule has 20 heavy (non-hydrogen) atoms. The van der Waals surface area contributed by atoms with Crippen LogP contribution in [-0.2, 0) is 4.74 Å². The Labute approximate surface area is 124 Å². The maximum atomic E-state index is 11.7. The monoisotopic (exact) mass is 284 g/mol. The van der Waals surface area contributed by atoms with Crippen molar-refractivity contribution in [3.63, 3.8) is 0 Å². The highest BCUT2D eigenvalue weighted by molar-refractivity contribution is 5.68. The van der Waals surface area contributed by atoms with Gasteiger partial charge in [0, 0.05) is 18.6 Å². The lowest BCUT2D eigenvalue weighted by Gasteiger charge is -2.39. The van der Waals surface area contributed by atoms with Crippen LogP contribution in [0.3, 0.4) is 0 Å². The van der Waals surface area contributed by atoms with Gasteiger partial charge in [-0.15, -0.1) is 0 Å². The molecule has 2 N–H and O–H groups in total. The van der Waals surface area contributed by atoms with Crippen molar-refractivity contribution in [1.82, 2.24) is 10.6 Å². The van der Waals surface area contributed by atoms with E-state index in [0.717, 1.165) is 6.54 Å². The second kappa shape index (κ2) is 6.79. The van der Waals surface area contributed by atoms with Crippen molar-refractivity contribution < 1.29 is 9.53 Å². The quantitative estimate of drug-likeness (QED) is 0.831. The first-order valence-electron chi connectivity index (χ1n) is 7.83. The Hall–Kier alpha value is -0.770. The van der Waals surface area contributed by atoms with Gasteiger partial charge in [0.15, 0.2) is 0 Å². The van der Waals surface area contributed by atoms with E-state index in [0.29, 0.717) is 11.5 Å². The first-order valence-corrected chi connectivity index (χ1v) is 7.83. The molecule has 1 rings (SSSR count). The number of alkyl carbamates (subject to hydrolysis) is 1. The first-order chi connectivity index (χ1) is 9.10. The minimum atomic E-state index is -0.442. The number of ether oxygens (including phenoxy) is 1. The van der Waals surface area contributed by atoms with E-state index in [4.69, 9.17) is 4.74 Å². The summed E-state index contributed by atoms with van der Waals surface area (Å²) >= 11 is 0. The van der Waals surface area contributed by atoms with Crippen molar-refractivity contribution in [3.05, 3.63) is 0 Å². The molecule has 0 radical (unpaired) electrons. The van der Waals surface area contributed by atoms with Gasteiger partial charge in [-0.25, -0.2) is 4.79 Å². The summed E-state index contributed by atoms with van der Waals surface area (Å²) in [5, 5.41) is 6.49. The third-order valence-corrected chi connectivity index (χ3v) is 3.94. The number of hydrogen-bond donors (Lipinski definition) is 2. The van der Waals surface area contributed by atoms with Crippen molar-refractivity contribution in [2.75, 3.05) is 6.54 Å². The summed E-state index contributed by atoms with van der Waals surface area (Å²) in [7, 11) is 0. The van der Waals surface area contributed by atoms with Crippen LogP contribution >= 0.6 is 0 Å². The largest absolute Gasteiger partial charge is 0.444 e. The third-order valence-electron chi connectivity index (χ3n) is 3.94. The van der Waals surface area contributed by atoms with Crippen LogP contribution in [-0.4, -0.2) is 30.3 Å². The maximum Gasteiger partial charge on any atom is 0.407 e. The van der Waals surface area contributed by atoms with E-state index >= 15 is 0 Å². The molecule has 0 saturated heterocycles. The molecule has 4 heteroatoms. The van der Waals surface area contributed by atoms with Crippen molar-refractivity contribution in [1.29, 1.82) is 0 Å². The standard InChI is InChI=1S/C16H32N2O2/c1-12(18-14(19)20-15(2,3)4)11-17-13-9-7-8-10-16(13,5)6/h12-13,17H,7-11H2,1-6H3,(H,18,19). The van der Waals surface area contributed by atoms with Crippen LogP contribution in [0.15, 0.2) is 0 Å². The molecule has 2 atom stereocenters. The van der Waals surface area contributed by atoms with Crippen LogP contribution in [0.4, 0.5) is 4.79 Å². The van der Waals surface area contributed by atoms with E-state index < -0.39 is 5.60 Å². The van der Waals surface area contributed by atoms with Gasteiger partial charge in [0.25, 0.3) is 0 Å². The number of rotatable bonds is 4. The molecular weight excluding hydrogens is 252 g/mol. The minimum absolute atomic E-state index is 0.0718. The molecule has 1 saturated carbocycles. The fourth-order valence-corrected chi connectivity index (χ4v) is 2.75. The lowest BCUT2D eigenvalue weighted by atomic mass is 9.73. The topological polar surface area (TPSA) is 50.4 Å². The summed E-state index contributed by atoms with van der Waals surface area (Å²) in [5.74, 6) is 0. The number of carbonyl (C=O) groups is 1. The smallest absolute Gasteiger partial charge is 0.407 e. The van der Waals surface area contributed by atoms with Gasteiger partial charge in [0.1, 0.15) is 5.60 Å². The number of nitrogens with one attached hydrogen (secondary N) is 2. The third kappa shape index (κ3) is 6.12. The Balaban J connectivity index is 2.32. The minimum Gasteiger partial charge on any atom is -0.444 e. The van der Waals surface area contributed by atoms with E-state index in [9.17, 15) is 4.79 Å². The molecule has 1 fully saturated rings. The number of amides is 1. The molecule has 0 spiro atoms. The summed E-state index contributed by atoms with van der Waals surface area (Å²) in [5.41, 5.74) is -0.0908. The Morgan fingerprint density at radius 3 is 2.55 bits per heavy atom. The Bertz CT molecular complexity index is 321. The summed E-state index contributed by atoms with van der Waals surface area (Å²) in [6, 6.07) is 0.613. The Morgan fingerprint density at radius 1 is 1.35 bits per heavy atom. The Kier molecular flexibility index (Phi) is 5.87. The molecule has 0 aliphatic heterocycles. The summed E-state index contributed by atoms with van der Waals surface area (Å²) < 4.78 is 5.26. The second-order valence-corrected chi connectivity index (χ2v) is 7.74. The molecule has 0 bridgehead atoms. The van der Waals surface area contributed by atoms with Gasteiger partial charge in [0.05, 0.1) is 0 Å². The molecule has 2 unspecified atom stereocenters. The van der Waals surface area contributed by atoms with Gasteiger partial charge < -0.3 is 15.4 Å². The van der Waals surface area contributed by atoms with Crippen molar-refractivity contribution >= 4 is 6.09 Å². The van der Waals surface area contributed by atoms with Crippen molar-refractivity contribution in [2.24, 2.45) is 5.41 Å². The highest BCUT2D eigenvalue weighted by Gasteiger charge is 2.31. The number of carbonyl (C=O) groups excluding carboxylic acids is 1. The molecule has 1 amide bonds. The molecule has 4 nitrogen and oxygen atoms in total. The van der Waals surface area contributed by atoms with Gasteiger partial charge >= 0.3 is 6.09 Å². The van der Waals surface area contributed by atoms with E-state index in [-0.39, 0.29) is 12.1 Å². The van der Waals surface area contributed by atoms with E-state index in [1.165, 1.54) is 25.7 Å². The second-order valence-electron chi connectivity index (χ2n) is 7.74. The van der Waals surface area contributed by atoms with Crippen LogP contribution in [0, 0.1) is 5.41 Å². The Morgan fingerprint density at radius 2 is 2.00 bits per heavy atom. The highest BCUT2D eigenvalue weighted by Crippen LogP contribution is 2.35. The molecule has 0 aromatic carbocycles. The summed E-state index contributed by atoms with van der Waals surface area (Å²) in [4.78, 5) is 11.7. The highest BCUT2D eigenvalue weighted by atomic mass is 16.6. The lowest BCUT2D eigenvalue weighted by Crippen LogP contribution is -2.49. The van der Waals surface area contributed by atoms with Crippen LogP contribution in [0.2, 0.25) is 0 Å². The van der Waals surface area contributed by atoms with Gasteiger partial charge in [-0.2, -0.15) is 0 Å². The maximum absolute atomic E-state index is 11.7. The average Bonchev–Trinajstić information content (AvgIpc) is 2.24. The summed E-state index contributed by atoms with van der Waals surface area (Å²) in [6.45, 7) is 13.1. The molecule has 118 valence electrons. The average molecular weight is 284 g/mol. The van der Waals surface area contributed by atoms with E-state index in [2.05, 4.69) is 24.5 Å². The molecule has 0 heterocycles. The molecular formula is C16H32N2O2. The van der Waals surface area contributed by atoms with Gasteiger partial charge in [-0.1, -0.05) is 26.7 Å². The van der Waals surface area contributed by atoms with E-state index in [1.54, 1.807) is 0 Å². The molecule has 0 aromatic rings. The van der Waals surface area contributed by atoms with Crippen LogP contribution < -0.4 is 10.6 Å². The van der Waals surface area contributed by atoms with E-state index in [1.807, 2.05) is 27.7 Å². The van der Waals surface area contributed by atoms with Crippen molar-refractivity contribution in [2.45, 2.75) is 84.9 Å². The van der Waals surface area contributed by atoms with Gasteiger partial charge in [0.2, 0.25) is 0 Å². The zero-order valence-electron chi connectivity index (χ0n) is 14.0. The molecule has 0 aromatic heterocycles.